The first-order valence-corrected chi connectivity index (χ1v) is 9.99. The molecule has 9 heteroatoms. The van der Waals surface area contributed by atoms with Crippen LogP contribution in [0.1, 0.15) is 30.9 Å². The van der Waals surface area contributed by atoms with Crippen molar-refractivity contribution in [2.75, 3.05) is 39.8 Å². The zero-order valence-corrected chi connectivity index (χ0v) is 16.5. The van der Waals surface area contributed by atoms with Crippen molar-refractivity contribution < 1.29 is 14.5 Å². The first-order valence-electron chi connectivity index (χ1n) is 9.99. The summed E-state index contributed by atoms with van der Waals surface area (Å²) in [4.78, 5) is 42.0. The molecule has 1 atom stereocenters. The number of likely N-dealkylation sites (tertiary alicyclic amines) is 1. The highest BCUT2D eigenvalue weighted by Crippen LogP contribution is 2.36. The number of piperidine rings is 1. The van der Waals surface area contributed by atoms with Gasteiger partial charge in [0.25, 0.3) is 11.6 Å². The number of nitrogens with one attached hydrogen (secondary N) is 1. The van der Waals surface area contributed by atoms with Crippen LogP contribution in [-0.4, -0.2) is 71.3 Å². The second-order valence-electron chi connectivity index (χ2n) is 7.78. The van der Waals surface area contributed by atoms with E-state index in [-0.39, 0.29) is 17.6 Å². The molecule has 0 bridgehead atoms. The van der Waals surface area contributed by atoms with Gasteiger partial charge in [0.2, 0.25) is 0 Å². The smallest absolute Gasteiger partial charge is 0.322 e. The third kappa shape index (κ3) is 3.69. The minimum Gasteiger partial charge on any atom is -0.332 e. The highest BCUT2D eigenvalue weighted by molar-refractivity contribution is 6.01. The molecule has 154 valence electrons. The number of urea groups is 1. The second-order valence-corrected chi connectivity index (χ2v) is 7.78. The number of amides is 3. The van der Waals surface area contributed by atoms with E-state index < -0.39 is 11.0 Å². The van der Waals surface area contributed by atoms with E-state index >= 15 is 0 Å². The molecule has 1 aromatic carbocycles. The third-order valence-electron chi connectivity index (χ3n) is 5.98. The van der Waals surface area contributed by atoms with Crippen LogP contribution in [0.25, 0.3) is 0 Å². The van der Waals surface area contributed by atoms with E-state index in [1.807, 2.05) is 0 Å². The molecule has 1 saturated heterocycles. The van der Waals surface area contributed by atoms with Crippen molar-refractivity contribution in [1.82, 2.24) is 20.0 Å². The van der Waals surface area contributed by atoms with Crippen molar-refractivity contribution in [3.8, 4) is 0 Å². The predicted molar refractivity (Wildman–Crippen MR) is 106 cm³/mol. The van der Waals surface area contributed by atoms with E-state index in [1.54, 1.807) is 24.1 Å². The molecule has 3 aliphatic heterocycles. The molecule has 0 aliphatic carbocycles. The molecule has 4 rings (SSSR count). The summed E-state index contributed by atoms with van der Waals surface area (Å²) in [5.74, 6) is -0.111. The van der Waals surface area contributed by atoms with Gasteiger partial charge in [-0.2, -0.15) is 0 Å². The maximum atomic E-state index is 13.2. The van der Waals surface area contributed by atoms with Gasteiger partial charge in [0.15, 0.2) is 0 Å². The van der Waals surface area contributed by atoms with Gasteiger partial charge >= 0.3 is 6.03 Å². The SMILES string of the molecule is CN1C(=O)N[C@@H](c2cccc([N+](=O)[O-])c2)C2=C1CN(CCN1CCCCC1)C2=O. The molecule has 29 heavy (non-hydrogen) atoms. The van der Waals surface area contributed by atoms with Gasteiger partial charge in [-0.25, -0.2) is 4.79 Å². The molecule has 0 spiro atoms. The quantitative estimate of drug-likeness (QED) is 0.602. The van der Waals surface area contributed by atoms with Crippen molar-refractivity contribution in [2.24, 2.45) is 0 Å². The van der Waals surface area contributed by atoms with E-state index in [4.69, 9.17) is 0 Å². The van der Waals surface area contributed by atoms with Crippen LogP contribution in [-0.2, 0) is 4.79 Å². The predicted octanol–water partition coefficient (Wildman–Crippen LogP) is 1.87. The maximum Gasteiger partial charge on any atom is 0.322 e. The van der Waals surface area contributed by atoms with Gasteiger partial charge in [-0.3, -0.25) is 19.8 Å². The van der Waals surface area contributed by atoms with Gasteiger partial charge in [-0.15, -0.1) is 0 Å². The van der Waals surface area contributed by atoms with Gasteiger partial charge < -0.3 is 15.1 Å². The lowest BCUT2D eigenvalue weighted by molar-refractivity contribution is -0.384. The van der Waals surface area contributed by atoms with E-state index in [1.165, 1.54) is 36.3 Å². The van der Waals surface area contributed by atoms with Gasteiger partial charge in [0, 0.05) is 32.3 Å². The molecule has 0 saturated carbocycles. The number of rotatable bonds is 5. The molecule has 1 aromatic rings. The van der Waals surface area contributed by atoms with E-state index in [2.05, 4.69) is 10.2 Å². The first-order chi connectivity index (χ1) is 14.0. The lowest BCUT2D eigenvalue weighted by atomic mass is 9.95. The molecule has 0 unspecified atom stereocenters. The van der Waals surface area contributed by atoms with Crippen molar-refractivity contribution in [3.05, 3.63) is 51.2 Å². The minimum absolute atomic E-state index is 0.0646. The van der Waals surface area contributed by atoms with E-state index in [0.29, 0.717) is 29.9 Å². The van der Waals surface area contributed by atoms with Crippen LogP contribution in [0.3, 0.4) is 0 Å². The van der Waals surface area contributed by atoms with Crippen molar-refractivity contribution in [2.45, 2.75) is 25.3 Å². The lowest BCUT2D eigenvalue weighted by Crippen LogP contribution is -2.45. The first kappa shape index (κ1) is 19.4. The van der Waals surface area contributed by atoms with E-state index in [0.717, 1.165) is 19.6 Å². The van der Waals surface area contributed by atoms with Crippen LogP contribution >= 0.6 is 0 Å². The number of hydrogen-bond donors (Lipinski definition) is 1. The molecular formula is C20H25N5O4. The largest absolute Gasteiger partial charge is 0.332 e. The number of nitro groups is 1. The Morgan fingerprint density at radius 2 is 1.93 bits per heavy atom. The van der Waals surface area contributed by atoms with Crippen molar-refractivity contribution in [3.63, 3.8) is 0 Å². The summed E-state index contributed by atoms with van der Waals surface area (Å²) in [6, 6.07) is 5.11. The summed E-state index contributed by atoms with van der Waals surface area (Å²) in [6.07, 6.45) is 3.65. The number of likely N-dealkylation sites (N-methyl/N-ethyl adjacent to an activating group) is 1. The molecule has 3 heterocycles. The molecule has 0 aromatic heterocycles. The molecule has 9 nitrogen and oxygen atoms in total. The number of non-ortho nitro benzene ring substituents is 1. The Labute approximate surface area is 169 Å². The lowest BCUT2D eigenvalue weighted by Gasteiger charge is -2.31. The zero-order valence-electron chi connectivity index (χ0n) is 16.5. The highest BCUT2D eigenvalue weighted by atomic mass is 16.6. The monoisotopic (exact) mass is 399 g/mol. The summed E-state index contributed by atoms with van der Waals surface area (Å²) in [7, 11) is 1.65. The average molecular weight is 399 g/mol. The summed E-state index contributed by atoms with van der Waals surface area (Å²) in [5, 5.41) is 14.0. The highest BCUT2D eigenvalue weighted by Gasteiger charge is 2.43. The standard InChI is InChI=1S/C20H25N5O4/c1-22-16-13-24(11-10-23-8-3-2-4-9-23)19(26)17(16)18(21-20(22)27)14-6-5-7-15(12-14)25(28)29/h5-7,12,18H,2-4,8-11,13H2,1H3,(H,21,27)/t18-/m0/s1. The normalized spacial score (nSPS) is 22.7. The number of nitro benzene ring substituents is 1. The summed E-state index contributed by atoms with van der Waals surface area (Å²) < 4.78 is 0. The molecule has 3 aliphatic rings. The fraction of sp³-hybridized carbons (Fsp3) is 0.500. The zero-order chi connectivity index (χ0) is 20.5. The van der Waals surface area contributed by atoms with Gasteiger partial charge in [-0.1, -0.05) is 18.6 Å². The summed E-state index contributed by atoms with van der Waals surface area (Å²) >= 11 is 0. The summed E-state index contributed by atoms with van der Waals surface area (Å²) in [6.45, 7) is 3.93. The third-order valence-corrected chi connectivity index (χ3v) is 5.98. The van der Waals surface area contributed by atoms with Gasteiger partial charge in [0.05, 0.1) is 28.8 Å². The van der Waals surface area contributed by atoms with Crippen LogP contribution < -0.4 is 5.32 Å². The fourth-order valence-corrected chi connectivity index (χ4v) is 4.32. The summed E-state index contributed by atoms with van der Waals surface area (Å²) in [5.41, 5.74) is 1.66. The fourth-order valence-electron chi connectivity index (χ4n) is 4.32. The Hall–Kier alpha value is -2.94. The van der Waals surface area contributed by atoms with Crippen LogP contribution in [0.2, 0.25) is 0 Å². The minimum atomic E-state index is -0.680. The number of nitrogens with zero attached hydrogens (tertiary/aromatic N) is 4. The second kappa shape index (κ2) is 7.82. The Morgan fingerprint density at radius 1 is 1.17 bits per heavy atom. The topological polar surface area (TPSA) is 99.0 Å². The van der Waals surface area contributed by atoms with Crippen molar-refractivity contribution >= 4 is 17.6 Å². The number of carbonyl (C=O) groups excluding carboxylic acids is 2. The van der Waals surface area contributed by atoms with Crippen LogP contribution in [0.5, 0.6) is 0 Å². The number of benzene rings is 1. The van der Waals surface area contributed by atoms with Crippen LogP contribution in [0, 0.1) is 10.1 Å². The van der Waals surface area contributed by atoms with E-state index in [9.17, 15) is 19.7 Å². The number of hydrogen-bond acceptors (Lipinski definition) is 5. The van der Waals surface area contributed by atoms with Gasteiger partial charge in [0.1, 0.15) is 0 Å². The molecule has 3 amide bonds. The van der Waals surface area contributed by atoms with Crippen LogP contribution in [0.15, 0.2) is 35.5 Å². The molecule has 0 radical (unpaired) electrons. The number of carbonyl (C=O) groups is 2. The Morgan fingerprint density at radius 3 is 2.66 bits per heavy atom. The molecular weight excluding hydrogens is 374 g/mol. The average Bonchev–Trinajstić information content (AvgIpc) is 3.06. The van der Waals surface area contributed by atoms with Crippen molar-refractivity contribution in [1.29, 1.82) is 0 Å². The Bertz CT molecular complexity index is 877. The molecule has 1 fully saturated rings. The Balaban J connectivity index is 1.57. The van der Waals surface area contributed by atoms with Gasteiger partial charge in [-0.05, 0) is 31.5 Å². The molecule has 1 N–H and O–H groups in total. The maximum absolute atomic E-state index is 13.2. The van der Waals surface area contributed by atoms with Crippen LogP contribution in [0.4, 0.5) is 10.5 Å². The Kier molecular flexibility index (Phi) is 5.23.